The summed E-state index contributed by atoms with van der Waals surface area (Å²) in [5.41, 5.74) is 5.79. The molecule has 0 amide bonds. The molecular weight excluding hydrogens is 298 g/mol. The van der Waals surface area contributed by atoms with Gasteiger partial charge < -0.3 is 5.73 Å². The van der Waals surface area contributed by atoms with Crippen LogP contribution in [0.1, 0.15) is 11.1 Å². The Balaban J connectivity index is 2.31. The SMILES string of the molecule is Cc1ccc(F)c(NS(=O)(=O)Cc2ccccc2N)c1F. The minimum atomic E-state index is -3.98. The molecule has 0 bridgehead atoms. The molecular formula is C14H14F2N2O2S. The second-order valence-electron chi connectivity index (χ2n) is 4.61. The Kier molecular flexibility index (Phi) is 4.13. The molecule has 0 spiro atoms. The first kappa shape index (κ1) is 15.2. The third-order valence-corrected chi connectivity index (χ3v) is 4.15. The molecule has 21 heavy (non-hydrogen) atoms. The Morgan fingerprint density at radius 3 is 2.48 bits per heavy atom. The second kappa shape index (κ2) is 5.69. The molecule has 2 rings (SSSR count). The molecule has 0 atom stereocenters. The van der Waals surface area contributed by atoms with Crippen LogP contribution in [0.15, 0.2) is 36.4 Å². The van der Waals surface area contributed by atoms with Crippen molar-refractivity contribution in [3.63, 3.8) is 0 Å². The number of nitrogen functional groups attached to an aromatic ring is 1. The van der Waals surface area contributed by atoms with E-state index in [1.807, 2.05) is 4.72 Å². The van der Waals surface area contributed by atoms with Crippen molar-refractivity contribution >= 4 is 21.4 Å². The molecule has 0 saturated carbocycles. The van der Waals surface area contributed by atoms with Gasteiger partial charge in [-0.25, -0.2) is 17.2 Å². The quantitative estimate of drug-likeness (QED) is 0.853. The number of halogens is 2. The van der Waals surface area contributed by atoms with E-state index in [1.165, 1.54) is 19.1 Å². The Morgan fingerprint density at radius 2 is 1.81 bits per heavy atom. The first-order chi connectivity index (χ1) is 9.80. The third kappa shape index (κ3) is 3.49. The van der Waals surface area contributed by atoms with E-state index in [1.54, 1.807) is 18.2 Å². The number of aryl methyl sites for hydroxylation is 1. The number of nitrogens with two attached hydrogens (primary N) is 1. The fraction of sp³-hybridized carbons (Fsp3) is 0.143. The maximum Gasteiger partial charge on any atom is 0.237 e. The van der Waals surface area contributed by atoms with Crippen LogP contribution in [0, 0.1) is 18.6 Å². The standard InChI is InChI=1S/C14H14F2N2O2S/c1-9-6-7-11(15)14(13(9)16)18-21(19,20)8-10-4-2-3-5-12(10)17/h2-7,18H,8,17H2,1H3. The number of hydrogen-bond acceptors (Lipinski definition) is 3. The third-order valence-electron chi connectivity index (χ3n) is 2.94. The zero-order valence-electron chi connectivity index (χ0n) is 11.2. The molecule has 0 aliphatic rings. The van der Waals surface area contributed by atoms with Crippen molar-refractivity contribution < 1.29 is 17.2 Å². The van der Waals surface area contributed by atoms with Crippen molar-refractivity contribution in [2.24, 2.45) is 0 Å². The summed E-state index contributed by atoms with van der Waals surface area (Å²) >= 11 is 0. The lowest BCUT2D eigenvalue weighted by Crippen LogP contribution is -2.18. The van der Waals surface area contributed by atoms with Gasteiger partial charge in [0, 0.05) is 5.69 Å². The van der Waals surface area contributed by atoms with E-state index in [0.29, 0.717) is 11.3 Å². The van der Waals surface area contributed by atoms with Crippen molar-refractivity contribution in [2.75, 3.05) is 10.5 Å². The van der Waals surface area contributed by atoms with Gasteiger partial charge in [0.1, 0.15) is 11.5 Å². The van der Waals surface area contributed by atoms with Gasteiger partial charge in [0.05, 0.1) is 5.75 Å². The first-order valence-corrected chi connectivity index (χ1v) is 7.74. The van der Waals surface area contributed by atoms with Gasteiger partial charge in [-0.3, -0.25) is 4.72 Å². The molecule has 112 valence electrons. The Labute approximate surface area is 121 Å². The highest BCUT2D eigenvalue weighted by molar-refractivity contribution is 7.91. The van der Waals surface area contributed by atoms with Gasteiger partial charge in [-0.15, -0.1) is 0 Å². The van der Waals surface area contributed by atoms with Crippen LogP contribution in [0.4, 0.5) is 20.2 Å². The molecule has 0 saturated heterocycles. The number of anilines is 2. The Bertz CT molecular complexity index is 777. The number of para-hydroxylation sites is 1. The summed E-state index contributed by atoms with van der Waals surface area (Å²) in [6.07, 6.45) is 0. The van der Waals surface area contributed by atoms with Gasteiger partial charge >= 0.3 is 0 Å². The van der Waals surface area contributed by atoms with Crippen LogP contribution < -0.4 is 10.5 Å². The number of sulfonamides is 1. The average molecular weight is 312 g/mol. The van der Waals surface area contributed by atoms with Crippen LogP contribution in [-0.2, 0) is 15.8 Å². The van der Waals surface area contributed by atoms with Crippen LogP contribution >= 0.6 is 0 Å². The first-order valence-electron chi connectivity index (χ1n) is 6.08. The summed E-state index contributed by atoms with van der Waals surface area (Å²) in [6, 6.07) is 8.63. The fourth-order valence-electron chi connectivity index (χ4n) is 1.81. The van der Waals surface area contributed by atoms with Gasteiger partial charge in [0.15, 0.2) is 5.82 Å². The molecule has 0 fully saturated rings. The number of hydrogen-bond donors (Lipinski definition) is 2. The smallest absolute Gasteiger partial charge is 0.237 e. The largest absolute Gasteiger partial charge is 0.398 e. The molecule has 2 aromatic carbocycles. The molecule has 0 heterocycles. The van der Waals surface area contributed by atoms with Crippen molar-refractivity contribution in [1.29, 1.82) is 0 Å². The van der Waals surface area contributed by atoms with Crippen LogP contribution in [0.5, 0.6) is 0 Å². The summed E-state index contributed by atoms with van der Waals surface area (Å²) in [4.78, 5) is 0. The summed E-state index contributed by atoms with van der Waals surface area (Å²) < 4.78 is 53.4. The lowest BCUT2D eigenvalue weighted by atomic mass is 10.2. The molecule has 2 aromatic rings. The van der Waals surface area contributed by atoms with Crippen LogP contribution in [0.3, 0.4) is 0 Å². The minimum absolute atomic E-state index is 0.147. The molecule has 7 heteroatoms. The van der Waals surface area contributed by atoms with E-state index >= 15 is 0 Å². The zero-order chi connectivity index (χ0) is 15.6. The van der Waals surface area contributed by atoms with E-state index in [0.717, 1.165) is 6.07 Å². The van der Waals surface area contributed by atoms with Crippen molar-refractivity contribution in [1.82, 2.24) is 0 Å². The van der Waals surface area contributed by atoms with E-state index in [-0.39, 0.29) is 5.56 Å². The number of rotatable bonds is 4. The van der Waals surface area contributed by atoms with Gasteiger partial charge in [-0.05, 0) is 30.2 Å². The Morgan fingerprint density at radius 1 is 1.14 bits per heavy atom. The van der Waals surface area contributed by atoms with Crippen molar-refractivity contribution in [3.8, 4) is 0 Å². The lowest BCUT2D eigenvalue weighted by Gasteiger charge is -2.12. The van der Waals surface area contributed by atoms with Gasteiger partial charge in [0.2, 0.25) is 10.0 Å². The summed E-state index contributed by atoms with van der Waals surface area (Å²) in [7, 11) is -3.98. The summed E-state index contributed by atoms with van der Waals surface area (Å²) in [6.45, 7) is 1.42. The molecule has 0 aliphatic carbocycles. The number of benzene rings is 2. The highest BCUT2D eigenvalue weighted by atomic mass is 32.2. The van der Waals surface area contributed by atoms with Gasteiger partial charge in [-0.1, -0.05) is 24.3 Å². The van der Waals surface area contributed by atoms with E-state index in [9.17, 15) is 17.2 Å². The average Bonchev–Trinajstić information content (AvgIpc) is 2.42. The van der Waals surface area contributed by atoms with Crippen LogP contribution in [0.2, 0.25) is 0 Å². The summed E-state index contributed by atoms with van der Waals surface area (Å²) in [5.74, 6) is -2.37. The van der Waals surface area contributed by atoms with Gasteiger partial charge in [0.25, 0.3) is 0 Å². The fourth-order valence-corrected chi connectivity index (χ4v) is 3.05. The lowest BCUT2D eigenvalue weighted by molar-refractivity contribution is 0.578. The predicted molar refractivity (Wildman–Crippen MR) is 78.2 cm³/mol. The van der Waals surface area contributed by atoms with Crippen molar-refractivity contribution in [3.05, 3.63) is 59.2 Å². The highest BCUT2D eigenvalue weighted by Gasteiger charge is 2.19. The molecule has 0 aliphatic heterocycles. The maximum absolute atomic E-state index is 13.8. The van der Waals surface area contributed by atoms with Crippen molar-refractivity contribution in [2.45, 2.75) is 12.7 Å². The predicted octanol–water partition coefficient (Wildman–Crippen LogP) is 2.80. The Hall–Kier alpha value is -2.15. The van der Waals surface area contributed by atoms with E-state index < -0.39 is 33.1 Å². The molecule has 0 aromatic heterocycles. The zero-order valence-corrected chi connectivity index (χ0v) is 12.0. The van der Waals surface area contributed by atoms with E-state index in [2.05, 4.69) is 0 Å². The summed E-state index contributed by atoms with van der Waals surface area (Å²) in [5, 5.41) is 0. The minimum Gasteiger partial charge on any atom is -0.398 e. The molecule has 4 nitrogen and oxygen atoms in total. The molecule has 0 unspecified atom stereocenters. The monoisotopic (exact) mass is 312 g/mol. The molecule has 0 radical (unpaired) electrons. The number of nitrogens with one attached hydrogen (secondary N) is 1. The molecule has 3 N–H and O–H groups in total. The normalized spacial score (nSPS) is 11.4. The second-order valence-corrected chi connectivity index (χ2v) is 6.34. The van der Waals surface area contributed by atoms with Gasteiger partial charge in [-0.2, -0.15) is 0 Å². The highest BCUT2D eigenvalue weighted by Crippen LogP contribution is 2.24. The van der Waals surface area contributed by atoms with E-state index in [4.69, 9.17) is 5.73 Å². The topological polar surface area (TPSA) is 72.2 Å². The maximum atomic E-state index is 13.8. The van der Waals surface area contributed by atoms with Crippen LogP contribution in [0.25, 0.3) is 0 Å². The van der Waals surface area contributed by atoms with Crippen LogP contribution in [-0.4, -0.2) is 8.42 Å².